The lowest BCUT2D eigenvalue weighted by atomic mass is 9.96. The number of likely N-dealkylation sites (N-methyl/N-ethyl adjacent to an activating group) is 1. The number of carbonyl (C=O) groups excluding carboxylic acids is 1. The van der Waals surface area contributed by atoms with Crippen LogP contribution < -0.4 is 16.0 Å². The smallest absolute Gasteiger partial charge is 0.231 e. The fourth-order valence-corrected chi connectivity index (χ4v) is 4.15. The van der Waals surface area contributed by atoms with Crippen molar-refractivity contribution in [3.05, 3.63) is 60.0 Å². The Morgan fingerprint density at radius 1 is 1.23 bits per heavy atom. The van der Waals surface area contributed by atoms with Crippen LogP contribution >= 0.6 is 0 Å². The third-order valence-corrected chi connectivity index (χ3v) is 5.79. The van der Waals surface area contributed by atoms with Crippen molar-refractivity contribution in [2.45, 2.75) is 18.9 Å². The molecule has 4 N–H and O–H groups in total. The third kappa shape index (κ3) is 3.35. The van der Waals surface area contributed by atoms with Gasteiger partial charge in [-0.1, -0.05) is 12.1 Å². The van der Waals surface area contributed by atoms with Gasteiger partial charge in [-0.25, -0.2) is 4.39 Å². The molecular formula is C23H21FN6O. The van der Waals surface area contributed by atoms with E-state index in [0.717, 1.165) is 47.2 Å². The molecule has 0 saturated heterocycles. The zero-order valence-electron chi connectivity index (χ0n) is 16.9. The Hall–Kier alpha value is -3.94. The second-order valence-electron chi connectivity index (χ2n) is 7.69. The number of halogens is 1. The largest absolute Gasteiger partial charge is 0.383 e. The van der Waals surface area contributed by atoms with Crippen LogP contribution in [0.25, 0.3) is 22.2 Å². The molecule has 0 aliphatic carbocycles. The first-order chi connectivity index (χ1) is 15.0. The van der Waals surface area contributed by atoms with E-state index >= 15 is 0 Å². The summed E-state index contributed by atoms with van der Waals surface area (Å²) in [6.45, 7) is 0. The fraction of sp³-hybridized carbons (Fsp3) is 0.174. The number of aldehydes is 1. The highest BCUT2D eigenvalue weighted by atomic mass is 19.1. The van der Waals surface area contributed by atoms with Crippen LogP contribution in [0.2, 0.25) is 0 Å². The number of nitrogens with two attached hydrogens (primary N) is 1. The van der Waals surface area contributed by atoms with Crippen LogP contribution in [-0.2, 0) is 11.2 Å². The number of aromatic amines is 1. The van der Waals surface area contributed by atoms with E-state index in [0.29, 0.717) is 22.8 Å². The molecule has 0 amide bonds. The normalized spacial score (nSPS) is 15.7. The van der Waals surface area contributed by atoms with Gasteiger partial charge in [0.15, 0.2) is 0 Å². The van der Waals surface area contributed by atoms with E-state index in [1.54, 1.807) is 18.3 Å². The molecule has 0 spiro atoms. The minimum atomic E-state index is -0.294. The number of nitrogens with zero attached hydrogens (tertiary/aromatic N) is 3. The number of rotatable bonds is 4. The van der Waals surface area contributed by atoms with Crippen molar-refractivity contribution >= 4 is 40.5 Å². The Morgan fingerprint density at radius 3 is 2.81 bits per heavy atom. The summed E-state index contributed by atoms with van der Waals surface area (Å²) in [5.41, 5.74) is 11.6. The second-order valence-corrected chi connectivity index (χ2v) is 7.69. The molecule has 2 aromatic heterocycles. The van der Waals surface area contributed by atoms with Crippen LogP contribution in [0, 0.1) is 5.82 Å². The van der Waals surface area contributed by atoms with Gasteiger partial charge in [-0.2, -0.15) is 9.97 Å². The number of carbonyl (C=O) groups is 1. The molecule has 156 valence electrons. The van der Waals surface area contributed by atoms with Gasteiger partial charge in [-0.15, -0.1) is 0 Å². The number of benzene rings is 2. The Bertz CT molecular complexity index is 1280. The zero-order valence-corrected chi connectivity index (χ0v) is 16.9. The molecule has 5 rings (SSSR count). The molecule has 8 heteroatoms. The number of aryl methyl sites for hydroxylation is 1. The number of hydrogen-bond acceptors (Lipinski definition) is 6. The van der Waals surface area contributed by atoms with Crippen LogP contribution in [0.15, 0.2) is 48.7 Å². The first-order valence-corrected chi connectivity index (χ1v) is 10.0. The molecule has 1 aliphatic rings. The van der Waals surface area contributed by atoms with Crippen molar-refractivity contribution in [3.63, 3.8) is 0 Å². The summed E-state index contributed by atoms with van der Waals surface area (Å²) in [5.74, 6) is 0.421. The van der Waals surface area contributed by atoms with Crippen LogP contribution in [0.3, 0.4) is 0 Å². The van der Waals surface area contributed by atoms with Gasteiger partial charge in [0.2, 0.25) is 5.95 Å². The highest BCUT2D eigenvalue weighted by molar-refractivity contribution is 6.00. The zero-order chi connectivity index (χ0) is 21.5. The second kappa shape index (κ2) is 7.39. The average molecular weight is 416 g/mol. The maximum Gasteiger partial charge on any atom is 0.231 e. The van der Waals surface area contributed by atoms with E-state index in [1.807, 2.05) is 24.1 Å². The number of fused-ring (bicyclic) bond motifs is 2. The molecule has 0 saturated carbocycles. The summed E-state index contributed by atoms with van der Waals surface area (Å²) < 4.78 is 13.3. The Labute approximate surface area is 178 Å². The topological polar surface area (TPSA) is 99.9 Å². The Balaban J connectivity index is 1.45. The van der Waals surface area contributed by atoms with Gasteiger partial charge in [-0.05, 0) is 54.3 Å². The Kier molecular flexibility index (Phi) is 4.54. The number of nitrogen functional groups attached to an aromatic ring is 1. The van der Waals surface area contributed by atoms with Crippen molar-refractivity contribution in [1.82, 2.24) is 15.0 Å². The molecule has 31 heavy (non-hydrogen) atoms. The number of H-pyrrole nitrogens is 1. The lowest BCUT2D eigenvalue weighted by Gasteiger charge is -2.33. The molecule has 1 unspecified atom stereocenters. The van der Waals surface area contributed by atoms with Crippen molar-refractivity contribution in [2.75, 3.05) is 23.0 Å². The van der Waals surface area contributed by atoms with Gasteiger partial charge in [-0.3, -0.25) is 0 Å². The predicted octanol–water partition coefficient (Wildman–Crippen LogP) is 4.04. The molecule has 3 heterocycles. The van der Waals surface area contributed by atoms with E-state index < -0.39 is 0 Å². The molecule has 1 atom stereocenters. The molecule has 0 fully saturated rings. The van der Waals surface area contributed by atoms with Crippen LogP contribution in [0.5, 0.6) is 0 Å². The fourth-order valence-electron chi connectivity index (χ4n) is 4.15. The lowest BCUT2D eigenvalue weighted by molar-refractivity contribution is -0.109. The van der Waals surface area contributed by atoms with Gasteiger partial charge in [0.25, 0.3) is 0 Å². The molecule has 1 aliphatic heterocycles. The summed E-state index contributed by atoms with van der Waals surface area (Å²) in [7, 11) is 1.94. The summed E-state index contributed by atoms with van der Waals surface area (Å²) in [6, 6.07) is 12.1. The monoisotopic (exact) mass is 416 g/mol. The van der Waals surface area contributed by atoms with Gasteiger partial charge in [0, 0.05) is 30.2 Å². The Morgan fingerprint density at radius 2 is 2.03 bits per heavy atom. The summed E-state index contributed by atoms with van der Waals surface area (Å²) >= 11 is 0. The van der Waals surface area contributed by atoms with Gasteiger partial charge < -0.3 is 25.7 Å². The molecule has 7 nitrogen and oxygen atoms in total. The first kappa shape index (κ1) is 19.0. The van der Waals surface area contributed by atoms with E-state index in [1.165, 1.54) is 12.1 Å². The van der Waals surface area contributed by atoms with Crippen molar-refractivity contribution in [3.8, 4) is 11.1 Å². The number of nitrogens with one attached hydrogen (secondary N) is 2. The summed E-state index contributed by atoms with van der Waals surface area (Å²) in [5, 5.41) is 3.92. The van der Waals surface area contributed by atoms with Crippen molar-refractivity contribution < 1.29 is 9.18 Å². The third-order valence-electron chi connectivity index (χ3n) is 5.79. The highest BCUT2D eigenvalue weighted by Crippen LogP contribution is 2.34. The average Bonchev–Trinajstić information content (AvgIpc) is 3.19. The predicted molar refractivity (Wildman–Crippen MR) is 120 cm³/mol. The van der Waals surface area contributed by atoms with Crippen molar-refractivity contribution in [2.24, 2.45) is 0 Å². The maximum atomic E-state index is 13.3. The lowest BCUT2D eigenvalue weighted by Crippen LogP contribution is -2.37. The van der Waals surface area contributed by atoms with E-state index in [9.17, 15) is 9.18 Å². The SMILES string of the molecule is CN1c2ccc(Nc3nc(N)c4c(-c5ccc(F)cc5)c[nH]c4n3)cc2CCC1C=O. The standard InChI is InChI=1S/C23H21FN6O/c1-30-17(12-31)8-4-14-10-16(7-9-19(14)30)27-23-28-21(25)20-18(11-26-22(20)29-23)13-2-5-15(24)6-3-13/h2-3,5-7,9-12,17H,4,8H2,1H3,(H4,25,26,27,28,29). The number of aromatic nitrogens is 3. The van der Waals surface area contributed by atoms with E-state index in [2.05, 4.69) is 26.3 Å². The van der Waals surface area contributed by atoms with Gasteiger partial charge in [0.1, 0.15) is 23.6 Å². The summed E-state index contributed by atoms with van der Waals surface area (Å²) in [4.78, 5) is 25.4. The van der Waals surface area contributed by atoms with Crippen LogP contribution in [-0.4, -0.2) is 34.3 Å². The molecule has 4 aromatic rings. The molecule has 0 radical (unpaired) electrons. The maximum absolute atomic E-state index is 13.3. The van der Waals surface area contributed by atoms with E-state index in [-0.39, 0.29) is 11.9 Å². The number of anilines is 4. The number of hydrogen-bond donors (Lipinski definition) is 3. The minimum absolute atomic E-state index is 0.0833. The molecular weight excluding hydrogens is 395 g/mol. The quantitative estimate of drug-likeness (QED) is 0.434. The van der Waals surface area contributed by atoms with Crippen LogP contribution in [0.1, 0.15) is 12.0 Å². The first-order valence-electron chi connectivity index (χ1n) is 10.0. The van der Waals surface area contributed by atoms with Crippen molar-refractivity contribution in [1.29, 1.82) is 0 Å². The minimum Gasteiger partial charge on any atom is -0.383 e. The van der Waals surface area contributed by atoms with Gasteiger partial charge in [0.05, 0.1) is 11.4 Å². The summed E-state index contributed by atoms with van der Waals surface area (Å²) in [6.07, 6.45) is 4.42. The highest BCUT2D eigenvalue weighted by Gasteiger charge is 2.23. The van der Waals surface area contributed by atoms with Gasteiger partial charge >= 0.3 is 0 Å². The van der Waals surface area contributed by atoms with Crippen LogP contribution in [0.4, 0.5) is 27.5 Å². The molecule has 2 aromatic carbocycles. The molecule has 0 bridgehead atoms. The van der Waals surface area contributed by atoms with E-state index in [4.69, 9.17) is 5.73 Å².